The molecule has 0 saturated heterocycles. The van der Waals surface area contributed by atoms with E-state index in [1.807, 2.05) is 0 Å². The average molecular weight is 288 g/mol. The van der Waals surface area contributed by atoms with Crippen molar-refractivity contribution < 1.29 is 4.79 Å². The quantitative estimate of drug-likeness (QED) is 0.745. The fraction of sp³-hybridized carbons (Fsp3) is 0.562. The number of carbonyl (C=O) groups is 1. The molecule has 21 heavy (non-hydrogen) atoms. The molecule has 1 saturated carbocycles. The van der Waals surface area contributed by atoms with Gasteiger partial charge < -0.3 is 10.6 Å². The summed E-state index contributed by atoms with van der Waals surface area (Å²) < 4.78 is 0. The number of fused-ring (bicyclic) bond motifs is 1. The average Bonchev–Trinajstić information content (AvgIpc) is 2.78. The molecule has 1 aromatic rings. The number of hydrogen-bond acceptors (Lipinski definition) is 4. The van der Waals surface area contributed by atoms with Gasteiger partial charge >= 0.3 is 0 Å². The van der Waals surface area contributed by atoms with Crippen LogP contribution in [0, 0.1) is 19.8 Å². The SMILES string of the molecule is C#C.C1CCCCC1.Cc1nc(N)nc2c1C(=O)N(C)C2. The summed E-state index contributed by atoms with van der Waals surface area (Å²) in [5.41, 5.74) is 7.48. The summed E-state index contributed by atoms with van der Waals surface area (Å²) in [6, 6.07) is 0. The first-order valence-electron chi connectivity index (χ1n) is 7.31. The molecule has 1 aromatic heterocycles. The van der Waals surface area contributed by atoms with Crippen LogP contribution < -0.4 is 5.73 Å². The summed E-state index contributed by atoms with van der Waals surface area (Å²) in [6.45, 7) is 2.30. The molecule has 0 radical (unpaired) electrons. The summed E-state index contributed by atoms with van der Waals surface area (Å²) in [5, 5.41) is 0. The maximum atomic E-state index is 11.5. The number of terminal acetylenes is 1. The molecule has 1 aliphatic carbocycles. The Morgan fingerprint density at radius 2 is 1.52 bits per heavy atom. The fourth-order valence-electron chi connectivity index (χ4n) is 2.60. The first kappa shape index (κ1) is 17.0. The van der Waals surface area contributed by atoms with Crippen molar-refractivity contribution in [1.29, 1.82) is 0 Å². The predicted octanol–water partition coefficient (Wildman–Crippen LogP) is 2.54. The lowest BCUT2D eigenvalue weighted by Gasteiger charge is -2.05. The normalized spacial score (nSPS) is 16.2. The highest BCUT2D eigenvalue weighted by molar-refractivity contribution is 5.98. The van der Waals surface area contributed by atoms with Gasteiger partial charge in [-0.1, -0.05) is 38.5 Å². The molecule has 0 aromatic carbocycles. The Balaban J connectivity index is 0.000000231. The van der Waals surface area contributed by atoms with Crippen molar-refractivity contribution in [2.45, 2.75) is 52.0 Å². The van der Waals surface area contributed by atoms with Crippen LogP contribution in [0.4, 0.5) is 5.95 Å². The van der Waals surface area contributed by atoms with Crippen LogP contribution in [0.5, 0.6) is 0 Å². The molecule has 0 bridgehead atoms. The Morgan fingerprint density at radius 1 is 1.05 bits per heavy atom. The van der Waals surface area contributed by atoms with Gasteiger partial charge in [0.05, 0.1) is 23.5 Å². The molecule has 1 aliphatic heterocycles. The number of nitrogens with two attached hydrogens (primary N) is 1. The van der Waals surface area contributed by atoms with Gasteiger partial charge in [0.25, 0.3) is 5.91 Å². The van der Waals surface area contributed by atoms with Crippen LogP contribution in [0.2, 0.25) is 0 Å². The smallest absolute Gasteiger partial charge is 0.257 e. The van der Waals surface area contributed by atoms with Crippen LogP contribution in [-0.2, 0) is 6.54 Å². The molecule has 5 nitrogen and oxygen atoms in total. The van der Waals surface area contributed by atoms with Gasteiger partial charge in [0, 0.05) is 7.05 Å². The molecule has 5 heteroatoms. The van der Waals surface area contributed by atoms with E-state index >= 15 is 0 Å². The van der Waals surface area contributed by atoms with Crippen LogP contribution in [0.3, 0.4) is 0 Å². The first-order chi connectivity index (χ1) is 10.1. The summed E-state index contributed by atoms with van der Waals surface area (Å²) in [7, 11) is 1.74. The van der Waals surface area contributed by atoms with Crippen LogP contribution in [0.1, 0.15) is 60.3 Å². The molecule has 2 heterocycles. The fourth-order valence-corrected chi connectivity index (χ4v) is 2.60. The van der Waals surface area contributed by atoms with Gasteiger partial charge in [0.2, 0.25) is 5.95 Å². The maximum absolute atomic E-state index is 11.5. The molecule has 2 N–H and O–H groups in total. The van der Waals surface area contributed by atoms with Gasteiger partial charge in [0.1, 0.15) is 0 Å². The zero-order chi connectivity index (χ0) is 15.8. The van der Waals surface area contributed by atoms with Gasteiger partial charge in [-0.25, -0.2) is 9.97 Å². The molecule has 1 amide bonds. The minimum absolute atomic E-state index is 0.0208. The highest BCUT2D eigenvalue weighted by Crippen LogP contribution is 2.22. The number of aryl methyl sites for hydroxylation is 1. The summed E-state index contributed by atoms with van der Waals surface area (Å²) in [6.07, 6.45) is 17.0. The number of nitrogens with zero attached hydrogens (tertiary/aromatic N) is 3. The van der Waals surface area contributed by atoms with Crippen molar-refractivity contribution in [2.24, 2.45) is 0 Å². The van der Waals surface area contributed by atoms with E-state index in [0.717, 1.165) is 5.69 Å². The highest BCUT2D eigenvalue weighted by atomic mass is 16.2. The number of rotatable bonds is 0. The second kappa shape index (κ2) is 8.25. The van der Waals surface area contributed by atoms with E-state index in [-0.39, 0.29) is 11.9 Å². The molecule has 3 rings (SSSR count). The Morgan fingerprint density at radius 3 is 2.00 bits per heavy atom. The molecular weight excluding hydrogens is 264 g/mol. The van der Waals surface area contributed by atoms with E-state index < -0.39 is 0 Å². The number of anilines is 1. The maximum Gasteiger partial charge on any atom is 0.257 e. The second-order valence-corrected chi connectivity index (χ2v) is 5.27. The Bertz CT molecular complexity index is 495. The summed E-state index contributed by atoms with van der Waals surface area (Å²) in [5.74, 6) is 0.215. The van der Waals surface area contributed by atoms with Crippen molar-refractivity contribution in [3.05, 3.63) is 17.0 Å². The van der Waals surface area contributed by atoms with Crippen molar-refractivity contribution in [2.75, 3.05) is 12.8 Å². The molecule has 0 atom stereocenters. The van der Waals surface area contributed by atoms with Crippen molar-refractivity contribution >= 4 is 11.9 Å². The van der Waals surface area contributed by atoms with E-state index in [1.54, 1.807) is 18.9 Å². The Kier molecular flexibility index (Phi) is 6.67. The molecule has 0 unspecified atom stereocenters. The zero-order valence-electron chi connectivity index (χ0n) is 12.9. The largest absolute Gasteiger partial charge is 0.368 e. The van der Waals surface area contributed by atoms with E-state index in [4.69, 9.17) is 5.73 Å². The van der Waals surface area contributed by atoms with Crippen LogP contribution in [0.25, 0.3) is 0 Å². The minimum Gasteiger partial charge on any atom is -0.368 e. The van der Waals surface area contributed by atoms with Crippen molar-refractivity contribution in [1.82, 2.24) is 14.9 Å². The summed E-state index contributed by atoms with van der Waals surface area (Å²) >= 11 is 0. The first-order valence-corrected chi connectivity index (χ1v) is 7.31. The van der Waals surface area contributed by atoms with Crippen LogP contribution in [-0.4, -0.2) is 27.8 Å². The van der Waals surface area contributed by atoms with E-state index in [9.17, 15) is 4.79 Å². The molecule has 1 fully saturated rings. The predicted molar refractivity (Wildman–Crippen MR) is 84.6 cm³/mol. The van der Waals surface area contributed by atoms with Crippen molar-refractivity contribution in [3.63, 3.8) is 0 Å². The van der Waals surface area contributed by atoms with E-state index in [2.05, 4.69) is 22.8 Å². The monoisotopic (exact) mass is 288 g/mol. The highest BCUT2D eigenvalue weighted by Gasteiger charge is 2.28. The van der Waals surface area contributed by atoms with Gasteiger partial charge in [-0.05, 0) is 6.92 Å². The number of carbonyl (C=O) groups excluding carboxylic acids is 1. The lowest BCUT2D eigenvalue weighted by Crippen LogP contribution is -2.18. The van der Waals surface area contributed by atoms with Gasteiger partial charge in [-0.2, -0.15) is 0 Å². The topological polar surface area (TPSA) is 72.1 Å². The van der Waals surface area contributed by atoms with Gasteiger partial charge in [-0.3, -0.25) is 4.79 Å². The molecular formula is C16H24N4O. The third-order valence-corrected chi connectivity index (χ3v) is 3.63. The number of aromatic nitrogens is 2. The Labute approximate surface area is 127 Å². The molecule has 2 aliphatic rings. The second-order valence-electron chi connectivity index (χ2n) is 5.27. The third-order valence-electron chi connectivity index (χ3n) is 3.63. The van der Waals surface area contributed by atoms with Gasteiger partial charge in [-0.15, -0.1) is 12.8 Å². The van der Waals surface area contributed by atoms with E-state index in [1.165, 1.54) is 38.5 Å². The zero-order valence-corrected chi connectivity index (χ0v) is 12.9. The summed E-state index contributed by atoms with van der Waals surface area (Å²) in [4.78, 5) is 21.1. The lowest BCUT2D eigenvalue weighted by atomic mass is 10.0. The van der Waals surface area contributed by atoms with Crippen molar-refractivity contribution in [3.8, 4) is 12.8 Å². The van der Waals surface area contributed by atoms with E-state index in [0.29, 0.717) is 17.8 Å². The minimum atomic E-state index is -0.0208. The van der Waals surface area contributed by atoms with Gasteiger partial charge in [0.15, 0.2) is 0 Å². The number of amides is 1. The van der Waals surface area contributed by atoms with Crippen LogP contribution in [0.15, 0.2) is 0 Å². The third kappa shape index (κ3) is 4.45. The van der Waals surface area contributed by atoms with Crippen LogP contribution >= 0.6 is 0 Å². The molecule has 114 valence electrons. The number of nitrogen functional groups attached to an aromatic ring is 1. The lowest BCUT2D eigenvalue weighted by molar-refractivity contribution is 0.0815. The number of hydrogen-bond donors (Lipinski definition) is 1. The Hall–Kier alpha value is -2.09. The standard InChI is InChI=1S/C8H10N4O.C6H12.C2H2/c1-4-6-5(11-8(9)10-4)3-12(2)7(6)13;1-2-4-6-5-3-1;1-2/h3H2,1-2H3,(H2,9,10,11);1-6H2;1-2H. The molecule has 0 spiro atoms.